The van der Waals surface area contributed by atoms with Crippen LogP contribution < -0.4 is 5.32 Å². The van der Waals surface area contributed by atoms with Crippen molar-refractivity contribution in [1.29, 1.82) is 0 Å². The minimum Gasteiger partial charge on any atom is -0.480 e. The molecule has 1 atom stereocenters. The van der Waals surface area contributed by atoms with E-state index in [4.69, 9.17) is 5.11 Å². The minimum atomic E-state index is -1.53. The summed E-state index contributed by atoms with van der Waals surface area (Å²) >= 11 is 0. The number of hydrogen-bond donors (Lipinski definition) is 2. The summed E-state index contributed by atoms with van der Waals surface area (Å²) in [5.41, 5.74) is 1.22. The number of carbonyl (C=O) groups is 2. The molecule has 2 aromatic carbocycles. The van der Waals surface area contributed by atoms with E-state index in [1.165, 1.54) is 12.1 Å². The Morgan fingerprint density at radius 2 is 1.65 bits per heavy atom. The Morgan fingerprint density at radius 3 is 2.13 bits per heavy atom. The Labute approximate surface area is 129 Å². The monoisotopic (exact) mass is 323 g/mol. The molecule has 0 radical (unpaired) electrons. The fourth-order valence-corrected chi connectivity index (χ4v) is 2.09. The summed E-state index contributed by atoms with van der Waals surface area (Å²) in [6, 6.07) is 6.87. The Hall–Kier alpha value is -2.83. The Morgan fingerprint density at radius 1 is 1.09 bits per heavy atom. The Bertz CT molecular complexity index is 709. The van der Waals surface area contributed by atoms with Crippen LogP contribution in [0.4, 0.5) is 13.2 Å². The molecule has 0 saturated carbocycles. The minimum absolute atomic E-state index is 0.0560. The van der Waals surface area contributed by atoms with Gasteiger partial charge in [0.15, 0.2) is 17.5 Å². The van der Waals surface area contributed by atoms with Crippen LogP contribution in [0, 0.1) is 17.5 Å². The molecule has 7 heteroatoms. The lowest BCUT2D eigenvalue weighted by molar-refractivity contribution is -0.140. The van der Waals surface area contributed by atoms with Gasteiger partial charge in [-0.2, -0.15) is 0 Å². The number of halogens is 3. The zero-order valence-electron chi connectivity index (χ0n) is 11.7. The van der Waals surface area contributed by atoms with Crippen molar-refractivity contribution in [2.45, 2.75) is 12.5 Å². The first kappa shape index (κ1) is 16.5. The molecule has 1 amide bonds. The third-order valence-electron chi connectivity index (χ3n) is 3.28. The van der Waals surface area contributed by atoms with E-state index in [0.717, 1.165) is 12.1 Å². The molecule has 0 saturated heterocycles. The molecular formula is C16H12F3NO3. The number of benzene rings is 2. The van der Waals surface area contributed by atoms with Gasteiger partial charge in [-0.1, -0.05) is 24.3 Å². The number of hydrogen-bond acceptors (Lipinski definition) is 2. The molecule has 0 aliphatic rings. The molecule has 23 heavy (non-hydrogen) atoms. The largest absolute Gasteiger partial charge is 0.480 e. The van der Waals surface area contributed by atoms with Crippen LogP contribution in [-0.2, 0) is 16.0 Å². The maximum atomic E-state index is 13.2. The molecule has 2 rings (SSSR count). The SMILES string of the molecule is O=CNC(Cc1ccc(-c2cc(F)c(F)c(F)c2)cc1)C(=O)O. The van der Waals surface area contributed by atoms with Crippen LogP contribution in [0.3, 0.4) is 0 Å². The van der Waals surface area contributed by atoms with Gasteiger partial charge < -0.3 is 10.4 Å². The second-order valence-electron chi connectivity index (χ2n) is 4.83. The van der Waals surface area contributed by atoms with E-state index in [-0.39, 0.29) is 12.0 Å². The lowest BCUT2D eigenvalue weighted by Crippen LogP contribution is -2.37. The summed E-state index contributed by atoms with van der Waals surface area (Å²) in [4.78, 5) is 21.3. The van der Waals surface area contributed by atoms with Crippen LogP contribution in [0.1, 0.15) is 5.56 Å². The smallest absolute Gasteiger partial charge is 0.326 e. The molecule has 1 unspecified atom stereocenters. The summed E-state index contributed by atoms with van der Waals surface area (Å²) in [6.45, 7) is 0. The summed E-state index contributed by atoms with van der Waals surface area (Å²) in [7, 11) is 0. The van der Waals surface area contributed by atoms with Crippen molar-refractivity contribution < 1.29 is 27.9 Å². The Balaban J connectivity index is 2.22. The van der Waals surface area contributed by atoms with Crippen LogP contribution in [0.2, 0.25) is 0 Å². The summed E-state index contributed by atoms with van der Waals surface area (Å²) in [5, 5.41) is 11.1. The van der Waals surface area contributed by atoms with Crippen molar-refractivity contribution in [2.75, 3.05) is 0 Å². The normalized spacial score (nSPS) is 11.8. The van der Waals surface area contributed by atoms with Crippen molar-refractivity contribution >= 4 is 12.4 Å². The standard InChI is InChI=1S/C16H12F3NO3/c17-12-6-11(7-13(18)15(12)19)10-3-1-9(2-4-10)5-14(16(22)23)20-8-21/h1-4,6-8,14H,5H2,(H,20,21)(H,22,23). The number of rotatable bonds is 6. The van der Waals surface area contributed by atoms with E-state index in [2.05, 4.69) is 5.32 Å². The molecule has 0 bridgehead atoms. The topological polar surface area (TPSA) is 66.4 Å². The van der Waals surface area contributed by atoms with Gasteiger partial charge >= 0.3 is 5.97 Å². The first-order valence-corrected chi connectivity index (χ1v) is 6.58. The number of nitrogens with one attached hydrogen (secondary N) is 1. The van der Waals surface area contributed by atoms with E-state index >= 15 is 0 Å². The number of carboxylic acids is 1. The lowest BCUT2D eigenvalue weighted by atomic mass is 10.0. The van der Waals surface area contributed by atoms with Crippen LogP contribution in [0.15, 0.2) is 36.4 Å². The summed E-state index contributed by atoms with van der Waals surface area (Å²) in [6.07, 6.45) is 0.359. The maximum Gasteiger partial charge on any atom is 0.326 e. The van der Waals surface area contributed by atoms with Crippen molar-refractivity contribution in [3.8, 4) is 11.1 Å². The van der Waals surface area contributed by atoms with Gasteiger partial charge in [-0.3, -0.25) is 4.79 Å². The quantitative estimate of drug-likeness (QED) is 0.634. The van der Waals surface area contributed by atoms with Gasteiger partial charge in [-0.15, -0.1) is 0 Å². The predicted molar refractivity (Wildman–Crippen MR) is 76.1 cm³/mol. The van der Waals surface area contributed by atoms with Crippen LogP contribution in [0.5, 0.6) is 0 Å². The number of aliphatic carboxylic acids is 1. The molecule has 0 aliphatic carbocycles. The second kappa shape index (κ2) is 6.95. The van der Waals surface area contributed by atoms with Crippen LogP contribution in [0.25, 0.3) is 11.1 Å². The molecule has 0 aliphatic heterocycles. The van der Waals surface area contributed by atoms with E-state index in [1.807, 2.05) is 0 Å². The zero-order chi connectivity index (χ0) is 17.0. The highest BCUT2D eigenvalue weighted by atomic mass is 19.2. The number of carboxylic acid groups (broad SMARTS) is 1. The first-order valence-electron chi connectivity index (χ1n) is 6.58. The third kappa shape index (κ3) is 3.88. The molecule has 0 aromatic heterocycles. The number of amides is 1. The maximum absolute atomic E-state index is 13.2. The molecule has 120 valence electrons. The second-order valence-corrected chi connectivity index (χ2v) is 4.83. The molecule has 0 heterocycles. The highest BCUT2D eigenvalue weighted by Crippen LogP contribution is 2.24. The van der Waals surface area contributed by atoms with Gasteiger partial charge in [0.05, 0.1) is 0 Å². The summed E-state index contributed by atoms with van der Waals surface area (Å²) in [5.74, 6) is -5.28. The molecule has 4 nitrogen and oxygen atoms in total. The molecule has 0 spiro atoms. The molecular weight excluding hydrogens is 311 g/mol. The van der Waals surface area contributed by atoms with Gasteiger partial charge in [0.2, 0.25) is 6.41 Å². The van der Waals surface area contributed by atoms with Crippen molar-refractivity contribution in [1.82, 2.24) is 5.32 Å². The van der Waals surface area contributed by atoms with E-state index < -0.39 is 29.5 Å². The van der Waals surface area contributed by atoms with Crippen molar-refractivity contribution in [3.63, 3.8) is 0 Å². The number of carbonyl (C=O) groups excluding carboxylic acids is 1. The van der Waals surface area contributed by atoms with E-state index in [1.54, 1.807) is 12.1 Å². The third-order valence-corrected chi connectivity index (χ3v) is 3.28. The molecule has 2 N–H and O–H groups in total. The van der Waals surface area contributed by atoms with Gasteiger partial charge in [0.25, 0.3) is 0 Å². The van der Waals surface area contributed by atoms with E-state index in [9.17, 15) is 22.8 Å². The fourth-order valence-electron chi connectivity index (χ4n) is 2.09. The predicted octanol–water partition coefficient (Wildman–Crippen LogP) is 2.51. The van der Waals surface area contributed by atoms with Gasteiger partial charge in [-0.05, 0) is 28.8 Å². The van der Waals surface area contributed by atoms with Gasteiger partial charge in [-0.25, -0.2) is 18.0 Å². The lowest BCUT2D eigenvalue weighted by Gasteiger charge is -2.11. The van der Waals surface area contributed by atoms with Crippen molar-refractivity contribution in [2.24, 2.45) is 0 Å². The van der Waals surface area contributed by atoms with E-state index in [0.29, 0.717) is 17.5 Å². The highest BCUT2D eigenvalue weighted by molar-refractivity contribution is 5.76. The fraction of sp³-hybridized carbons (Fsp3) is 0.125. The first-order chi connectivity index (χ1) is 10.9. The average molecular weight is 323 g/mol. The zero-order valence-corrected chi connectivity index (χ0v) is 11.7. The van der Waals surface area contributed by atoms with Gasteiger partial charge in [0.1, 0.15) is 6.04 Å². The van der Waals surface area contributed by atoms with Crippen molar-refractivity contribution in [3.05, 3.63) is 59.4 Å². The van der Waals surface area contributed by atoms with Gasteiger partial charge in [0, 0.05) is 6.42 Å². The van der Waals surface area contributed by atoms with Crippen LogP contribution >= 0.6 is 0 Å². The highest BCUT2D eigenvalue weighted by Gasteiger charge is 2.17. The summed E-state index contributed by atoms with van der Waals surface area (Å²) < 4.78 is 39.4. The molecule has 0 fully saturated rings. The Kier molecular flexibility index (Phi) is 5.00. The average Bonchev–Trinajstić information content (AvgIpc) is 2.52. The molecule has 2 aromatic rings. The van der Waals surface area contributed by atoms with Crippen LogP contribution in [-0.4, -0.2) is 23.5 Å².